The number of nitrogens with one attached hydrogen (secondary N) is 1. The normalized spacial score (nSPS) is 15.0. The molecule has 7 nitrogen and oxygen atoms in total. The van der Waals surface area contributed by atoms with E-state index in [1.54, 1.807) is 48.9 Å². The maximum Gasteiger partial charge on any atom is 0.408 e. The first-order chi connectivity index (χ1) is 15.3. The number of nitrogens with zero attached hydrogens (tertiary/aromatic N) is 5. The van der Waals surface area contributed by atoms with Gasteiger partial charge in [0.25, 0.3) is 5.91 Å². The zero-order chi connectivity index (χ0) is 22.7. The van der Waals surface area contributed by atoms with Gasteiger partial charge in [0, 0.05) is 35.4 Å². The molecule has 0 aromatic carbocycles. The highest BCUT2D eigenvalue weighted by molar-refractivity contribution is 5.95. The van der Waals surface area contributed by atoms with E-state index in [1.807, 2.05) is 6.07 Å². The third-order valence-electron chi connectivity index (χ3n) is 5.09. The summed E-state index contributed by atoms with van der Waals surface area (Å²) in [5.41, 5.74) is 2.90. The van der Waals surface area contributed by atoms with E-state index in [1.165, 1.54) is 0 Å². The number of amides is 1. The third kappa shape index (κ3) is 4.58. The molecule has 4 rings (SSSR count). The Morgan fingerprint density at radius 2 is 2.06 bits per heavy atom. The standard InChI is InChI=1S/C22H19F3N6O/c1-14(22(23,24)25)31-13-28-30-20(31)16-4-2-6-18(10-16)29-21(32)19-11-15(7-9-27-19)17-5-3-8-26-12-17/h3-5,7-14H,2,6H2,1H3,(H,29,32)/t14-/m1/s1. The lowest BCUT2D eigenvalue weighted by molar-refractivity contribution is -0.163. The lowest BCUT2D eigenvalue weighted by Crippen LogP contribution is -2.26. The van der Waals surface area contributed by atoms with Gasteiger partial charge < -0.3 is 9.88 Å². The average molecular weight is 440 g/mol. The predicted molar refractivity (Wildman–Crippen MR) is 111 cm³/mol. The molecule has 164 valence electrons. The first kappa shape index (κ1) is 21.4. The van der Waals surface area contributed by atoms with Gasteiger partial charge >= 0.3 is 6.18 Å². The minimum Gasteiger partial charge on any atom is -0.324 e. The number of aromatic nitrogens is 5. The number of carbonyl (C=O) groups excluding carboxylic acids is 1. The van der Waals surface area contributed by atoms with E-state index >= 15 is 0 Å². The number of carbonyl (C=O) groups is 1. The van der Waals surface area contributed by atoms with Crippen LogP contribution in [0.2, 0.25) is 0 Å². The van der Waals surface area contributed by atoms with Crippen LogP contribution in [0.5, 0.6) is 0 Å². The third-order valence-corrected chi connectivity index (χ3v) is 5.09. The number of pyridine rings is 2. The molecule has 1 aliphatic rings. The molecule has 3 heterocycles. The molecule has 0 fully saturated rings. The van der Waals surface area contributed by atoms with Gasteiger partial charge in [0.15, 0.2) is 5.82 Å². The summed E-state index contributed by atoms with van der Waals surface area (Å²) in [6.45, 7) is 1.05. The first-order valence-corrected chi connectivity index (χ1v) is 9.88. The van der Waals surface area contributed by atoms with Crippen LogP contribution in [0.15, 0.2) is 67.0 Å². The Labute approximate surface area is 181 Å². The minimum absolute atomic E-state index is 0.0953. The number of rotatable bonds is 5. The van der Waals surface area contributed by atoms with Gasteiger partial charge in [0.05, 0.1) is 0 Å². The molecule has 0 saturated heterocycles. The molecule has 0 radical (unpaired) electrons. The van der Waals surface area contributed by atoms with Crippen molar-refractivity contribution < 1.29 is 18.0 Å². The highest BCUT2D eigenvalue weighted by Gasteiger charge is 2.38. The van der Waals surface area contributed by atoms with Crippen molar-refractivity contribution in [3.8, 4) is 11.1 Å². The second-order valence-electron chi connectivity index (χ2n) is 7.27. The molecule has 1 aliphatic carbocycles. The van der Waals surface area contributed by atoms with Gasteiger partial charge in [-0.2, -0.15) is 13.2 Å². The Kier molecular flexibility index (Phi) is 5.85. The van der Waals surface area contributed by atoms with E-state index in [0.29, 0.717) is 24.1 Å². The average Bonchev–Trinajstić information content (AvgIpc) is 3.28. The van der Waals surface area contributed by atoms with Gasteiger partial charge in [-0.3, -0.25) is 14.8 Å². The van der Waals surface area contributed by atoms with E-state index in [9.17, 15) is 18.0 Å². The molecule has 32 heavy (non-hydrogen) atoms. The molecule has 3 aromatic rings. The minimum atomic E-state index is -4.43. The summed E-state index contributed by atoms with van der Waals surface area (Å²) in [4.78, 5) is 21.0. The Bertz CT molecular complexity index is 1180. The summed E-state index contributed by atoms with van der Waals surface area (Å²) < 4.78 is 40.5. The van der Waals surface area contributed by atoms with Gasteiger partial charge in [0.2, 0.25) is 0 Å². The van der Waals surface area contributed by atoms with Crippen LogP contribution in [0, 0.1) is 0 Å². The maximum atomic E-state index is 13.2. The second-order valence-corrected chi connectivity index (χ2v) is 7.27. The second kappa shape index (κ2) is 8.74. The van der Waals surface area contributed by atoms with Crippen LogP contribution >= 0.6 is 0 Å². The molecule has 1 amide bonds. The fourth-order valence-corrected chi connectivity index (χ4v) is 3.32. The van der Waals surface area contributed by atoms with E-state index in [0.717, 1.165) is 28.9 Å². The largest absolute Gasteiger partial charge is 0.408 e. The topological polar surface area (TPSA) is 85.6 Å². The van der Waals surface area contributed by atoms with Crippen LogP contribution in [-0.4, -0.2) is 36.8 Å². The molecule has 0 saturated carbocycles. The Morgan fingerprint density at radius 1 is 1.22 bits per heavy atom. The highest BCUT2D eigenvalue weighted by Crippen LogP contribution is 2.33. The van der Waals surface area contributed by atoms with Crippen molar-refractivity contribution in [2.24, 2.45) is 0 Å². The quantitative estimate of drug-likeness (QED) is 0.638. The van der Waals surface area contributed by atoms with Crippen molar-refractivity contribution in [1.82, 2.24) is 30.0 Å². The van der Waals surface area contributed by atoms with Crippen molar-refractivity contribution in [3.63, 3.8) is 0 Å². The number of alkyl halides is 3. The molecule has 0 bridgehead atoms. The van der Waals surface area contributed by atoms with Gasteiger partial charge in [-0.25, -0.2) is 0 Å². The fourth-order valence-electron chi connectivity index (χ4n) is 3.32. The number of hydrogen-bond donors (Lipinski definition) is 1. The van der Waals surface area contributed by atoms with E-state index in [4.69, 9.17) is 0 Å². The summed E-state index contributed by atoms with van der Waals surface area (Å²) in [7, 11) is 0. The molecule has 1 N–H and O–H groups in total. The van der Waals surface area contributed by atoms with E-state index in [2.05, 4.69) is 25.5 Å². The van der Waals surface area contributed by atoms with Crippen molar-refractivity contribution in [2.75, 3.05) is 0 Å². The summed E-state index contributed by atoms with van der Waals surface area (Å²) in [5, 5.41) is 10.3. The molecule has 10 heteroatoms. The zero-order valence-electron chi connectivity index (χ0n) is 17.0. The zero-order valence-corrected chi connectivity index (χ0v) is 17.0. The molecular weight excluding hydrogens is 421 g/mol. The summed E-state index contributed by atoms with van der Waals surface area (Å²) in [6, 6.07) is 5.34. The monoisotopic (exact) mass is 440 g/mol. The van der Waals surface area contributed by atoms with Crippen LogP contribution < -0.4 is 5.32 Å². The summed E-state index contributed by atoms with van der Waals surface area (Å²) in [6.07, 6.45) is 5.99. The molecular formula is C22H19F3N6O. The lowest BCUT2D eigenvalue weighted by Gasteiger charge is -2.20. The SMILES string of the molecule is C[C@@H](n1cnnc1C1=CCCC(NC(=O)c2cc(-c3cccnc3)ccn2)=C1)C(F)(F)F. The Hall–Kier alpha value is -3.82. The maximum absolute atomic E-state index is 13.2. The number of allylic oxidation sites excluding steroid dienone is 4. The van der Waals surface area contributed by atoms with Gasteiger partial charge in [-0.1, -0.05) is 12.1 Å². The summed E-state index contributed by atoms with van der Waals surface area (Å²) >= 11 is 0. The lowest BCUT2D eigenvalue weighted by atomic mass is 10.0. The molecule has 1 atom stereocenters. The predicted octanol–water partition coefficient (Wildman–Crippen LogP) is 4.35. The Balaban J connectivity index is 1.54. The molecule has 0 spiro atoms. The van der Waals surface area contributed by atoms with Crippen LogP contribution in [-0.2, 0) is 0 Å². The van der Waals surface area contributed by atoms with E-state index < -0.39 is 18.1 Å². The molecule has 0 unspecified atom stereocenters. The van der Waals surface area contributed by atoms with Crippen LogP contribution in [0.1, 0.15) is 42.1 Å². The molecule has 3 aromatic heterocycles. The van der Waals surface area contributed by atoms with Gasteiger partial charge in [-0.05, 0) is 49.6 Å². The van der Waals surface area contributed by atoms with Crippen molar-refractivity contribution in [2.45, 2.75) is 32.0 Å². The Morgan fingerprint density at radius 3 is 2.81 bits per heavy atom. The van der Waals surface area contributed by atoms with Crippen molar-refractivity contribution in [3.05, 3.63) is 78.6 Å². The highest BCUT2D eigenvalue weighted by atomic mass is 19.4. The summed E-state index contributed by atoms with van der Waals surface area (Å²) in [5.74, 6) is -0.314. The number of hydrogen-bond acceptors (Lipinski definition) is 5. The van der Waals surface area contributed by atoms with Crippen LogP contribution in [0.3, 0.4) is 0 Å². The van der Waals surface area contributed by atoms with Crippen molar-refractivity contribution in [1.29, 1.82) is 0 Å². The molecule has 0 aliphatic heterocycles. The van der Waals surface area contributed by atoms with E-state index in [-0.39, 0.29) is 11.5 Å². The van der Waals surface area contributed by atoms with Crippen LogP contribution in [0.4, 0.5) is 13.2 Å². The van der Waals surface area contributed by atoms with Crippen molar-refractivity contribution >= 4 is 11.5 Å². The smallest absolute Gasteiger partial charge is 0.324 e. The van der Waals surface area contributed by atoms with Gasteiger partial charge in [0.1, 0.15) is 18.1 Å². The number of halogens is 3. The van der Waals surface area contributed by atoms with Crippen LogP contribution in [0.25, 0.3) is 16.7 Å². The fraction of sp³-hybridized carbons (Fsp3) is 0.227. The first-order valence-electron chi connectivity index (χ1n) is 9.88. The van der Waals surface area contributed by atoms with Gasteiger partial charge in [-0.15, -0.1) is 10.2 Å².